The van der Waals surface area contributed by atoms with E-state index < -0.39 is 45.8 Å². The van der Waals surface area contributed by atoms with Crippen molar-refractivity contribution in [3.05, 3.63) is 71.8 Å². The van der Waals surface area contributed by atoms with Crippen LogP contribution < -0.4 is 0 Å². The van der Waals surface area contributed by atoms with Gasteiger partial charge in [-0.3, -0.25) is 9.59 Å². The zero-order valence-electron chi connectivity index (χ0n) is 18.8. The molecule has 5 rings (SSSR count). The summed E-state index contributed by atoms with van der Waals surface area (Å²) in [4.78, 5) is 50.9. The van der Waals surface area contributed by atoms with Crippen molar-refractivity contribution in [3.63, 3.8) is 0 Å². The number of fused-ring (bicyclic) bond motifs is 3. The van der Waals surface area contributed by atoms with E-state index >= 15 is 0 Å². The largest absolute Gasteiger partial charge is 0.479 e. The smallest absolute Gasteiger partial charge is 0.348 e. The van der Waals surface area contributed by atoms with E-state index in [1.165, 1.54) is 62.3 Å². The van der Waals surface area contributed by atoms with Gasteiger partial charge in [0.15, 0.2) is 0 Å². The van der Waals surface area contributed by atoms with E-state index in [0.29, 0.717) is 5.92 Å². The molecule has 10 heteroatoms. The lowest BCUT2D eigenvalue weighted by Crippen LogP contribution is -2.71. The molecule has 2 unspecified atom stereocenters. The fourth-order valence-electron chi connectivity index (χ4n) is 4.36. The van der Waals surface area contributed by atoms with Crippen LogP contribution in [0.3, 0.4) is 0 Å². The van der Waals surface area contributed by atoms with Crippen molar-refractivity contribution < 1.29 is 44.7 Å². The number of Topliss-reactive ketones (excluding diaryl/α,β-unsaturated/α-hetero) is 2. The topological polar surface area (TPSA) is 173 Å². The van der Waals surface area contributed by atoms with Gasteiger partial charge < -0.3 is 30.4 Å². The van der Waals surface area contributed by atoms with Gasteiger partial charge in [-0.1, -0.05) is 60.7 Å². The third-order valence-corrected chi connectivity index (χ3v) is 6.49. The van der Waals surface area contributed by atoms with E-state index in [0.717, 1.165) is 30.8 Å². The molecular weight excluding hydrogens is 458 g/mol. The molecular formula is C25H27NO9. The fourth-order valence-corrected chi connectivity index (χ4v) is 4.36. The van der Waals surface area contributed by atoms with E-state index in [9.17, 15) is 44.7 Å². The number of piperidine rings is 3. The Bertz CT molecular complexity index is 1010. The van der Waals surface area contributed by atoms with Crippen molar-refractivity contribution in [1.29, 1.82) is 0 Å². The van der Waals surface area contributed by atoms with Gasteiger partial charge in [-0.15, -0.1) is 0 Å². The van der Waals surface area contributed by atoms with Gasteiger partial charge in [0.1, 0.15) is 0 Å². The number of rotatable bonds is 7. The van der Waals surface area contributed by atoms with Crippen molar-refractivity contribution in [2.75, 3.05) is 19.6 Å². The van der Waals surface area contributed by atoms with Crippen molar-refractivity contribution in [2.24, 2.45) is 5.92 Å². The SMILES string of the molecule is O=C(O)C(O)(C(=O)c1ccccc1)C(O)(C(=O)O)C(=O)c1ccccc1.O[C@@H]1CN2CCC1CC2. The Kier molecular flexibility index (Phi) is 7.81. The summed E-state index contributed by atoms with van der Waals surface area (Å²) in [5.74, 6) is -7.39. The summed E-state index contributed by atoms with van der Waals surface area (Å²) in [5, 5.41) is 49.2. The number of ketones is 2. The van der Waals surface area contributed by atoms with Crippen LogP contribution in [0.25, 0.3) is 0 Å². The molecule has 2 aromatic rings. The number of nitrogens with zero attached hydrogens (tertiary/aromatic N) is 1. The van der Waals surface area contributed by atoms with Gasteiger partial charge in [0.2, 0.25) is 11.6 Å². The lowest BCUT2D eigenvalue weighted by molar-refractivity contribution is -0.187. The number of carbonyl (C=O) groups is 4. The molecule has 0 spiro atoms. The summed E-state index contributed by atoms with van der Waals surface area (Å²) in [5.41, 5.74) is -8.68. The Hall–Kier alpha value is -3.44. The van der Waals surface area contributed by atoms with Crippen LogP contribution in [0.1, 0.15) is 33.6 Å². The maximum absolute atomic E-state index is 12.6. The molecule has 35 heavy (non-hydrogen) atoms. The van der Waals surface area contributed by atoms with E-state index in [1.54, 1.807) is 0 Å². The monoisotopic (exact) mass is 485 g/mol. The van der Waals surface area contributed by atoms with Gasteiger partial charge in [-0.05, 0) is 31.8 Å². The molecule has 2 aromatic carbocycles. The standard InChI is InChI=1S/C18H14O8.C7H13NO/c19-13(11-7-3-1-4-8-11)17(25,15(21)22)18(26,16(23)24)14(20)12-9-5-2-6-10-12;9-7-5-8-3-1-6(7)2-4-8/h1-10,25-26H,(H,21,22)(H,23,24);6-7,9H,1-5H2/t;7-/m.1/s1. The van der Waals surface area contributed by atoms with Crippen molar-refractivity contribution >= 4 is 23.5 Å². The average molecular weight is 485 g/mol. The highest BCUT2D eigenvalue weighted by atomic mass is 16.5. The number of carbonyl (C=O) groups excluding carboxylic acids is 2. The second kappa shape index (κ2) is 10.4. The Morgan fingerprint density at radius 1 is 0.714 bits per heavy atom. The minimum absolute atomic E-state index is 0.00694. The minimum Gasteiger partial charge on any atom is -0.479 e. The average Bonchev–Trinajstić information content (AvgIpc) is 2.88. The van der Waals surface area contributed by atoms with Crippen molar-refractivity contribution in [2.45, 2.75) is 30.1 Å². The molecule has 0 radical (unpaired) electrons. The molecule has 0 amide bonds. The van der Waals surface area contributed by atoms with E-state index in [2.05, 4.69) is 4.90 Å². The molecule has 3 aliphatic heterocycles. The number of aliphatic carboxylic acids is 2. The first-order valence-electron chi connectivity index (χ1n) is 11.0. The Labute approximate surface area is 201 Å². The number of carboxylic acid groups (broad SMARTS) is 2. The minimum atomic E-state index is -3.95. The number of aliphatic hydroxyl groups is 3. The van der Waals surface area contributed by atoms with Gasteiger partial charge in [-0.2, -0.15) is 0 Å². The molecule has 3 saturated heterocycles. The summed E-state index contributed by atoms with van der Waals surface area (Å²) >= 11 is 0. The number of benzene rings is 2. The zero-order valence-corrected chi connectivity index (χ0v) is 18.8. The summed E-state index contributed by atoms with van der Waals surface area (Å²) in [7, 11) is 0. The summed E-state index contributed by atoms with van der Waals surface area (Å²) in [6.07, 6.45) is 2.44. The van der Waals surface area contributed by atoms with Crippen LogP contribution in [0.5, 0.6) is 0 Å². The van der Waals surface area contributed by atoms with Crippen LogP contribution in [-0.4, -0.2) is 90.9 Å². The van der Waals surface area contributed by atoms with Crippen molar-refractivity contribution in [3.8, 4) is 0 Å². The summed E-state index contributed by atoms with van der Waals surface area (Å²) in [6, 6.07) is 12.8. The third kappa shape index (κ3) is 4.87. The van der Waals surface area contributed by atoms with Gasteiger partial charge in [0.05, 0.1) is 6.10 Å². The van der Waals surface area contributed by atoms with Crippen molar-refractivity contribution in [1.82, 2.24) is 4.90 Å². The first-order valence-corrected chi connectivity index (χ1v) is 11.0. The highest BCUT2D eigenvalue weighted by molar-refractivity contribution is 6.28. The molecule has 0 aromatic heterocycles. The van der Waals surface area contributed by atoms with E-state index in [-0.39, 0.29) is 6.10 Å². The van der Waals surface area contributed by atoms with Crippen LogP contribution in [-0.2, 0) is 9.59 Å². The van der Waals surface area contributed by atoms with Crippen LogP contribution in [0.4, 0.5) is 0 Å². The molecule has 186 valence electrons. The fraction of sp³-hybridized carbons (Fsp3) is 0.360. The zero-order chi connectivity index (χ0) is 25.8. The summed E-state index contributed by atoms with van der Waals surface area (Å²) < 4.78 is 0. The van der Waals surface area contributed by atoms with Gasteiger partial charge in [-0.25, -0.2) is 9.59 Å². The third-order valence-electron chi connectivity index (χ3n) is 6.49. The number of aliphatic hydroxyl groups excluding tert-OH is 1. The van der Waals surface area contributed by atoms with Crippen LogP contribution in [0, 0.1) is 5.92 Å². The van der Waals surface area contributed by atoms with Gasteiger partial charge in [0, 0.05) is 17.7 Å². The molecule has 3 aliphatic rings. The van der Waals surface area contributed by atoms with E-state index in [4.69, 9.17) is 0 Å². The normalized spacial score (nSPS) is 24.1. The molecule has 5 N–H and O–H groups in total. The molecule has 3 fully saturated rings. The molecule has 3 heterocycles. The highest BCUT2D eigenvalue weighted by Crippen LogP contribution is 2.32. The summed E-state index contributed by atoms with van der Waals surface area (Å²) in [6.45, 7) is 3.38. The van der Waals surface area contributed by atoms with Crippen LogP contribution in [0.2, 0.25) is 0 Å². The first kappa shape index (κ1) is 26.2. The second-order valence-corrected chi connectivity index (χ2v) is 8.63. The Morgan fingerprint density at radius 3 is 1.31 bits per heavy atom. The first-order chi connectivity index (χ1) is 16.5. The van der Waals surface area contributed by atoms with Gasteiger partial charge >= 0.3 is 11.9 Å². The number of hydrogen-bond donors (Lipinski definition) is 5. The van der Waals surface area contributed by atoms with E-state index in [1.807, 2.05) is 0 Å². The predicted molar refractivity (Wildman–Crippen MR) is 122 cm³/mol. The predicted octanol–water partition coefficient (Wildman–Crippen LogP) is 0.456. The molecule has 10 nitrogen and oxygen atoms in total. The second-order valence-electron chi connectivity index (χ2n) is 8.63. The highest BCUT2D eigenvalue weighted by Gasteiger charge is 2.69. The Balaban J connectivity index is 0.000000313. The lowest BCUT2D eigenvalue weighted by Gasteiger charge is -2.42. The van der Waals surface area contributed by atoms with Gasteiger partial charge in [0.25, 0.3) is 11.2 Å². The molecule has 3 atom stereocenters. The van der Waals surface area contributed by atoms with Crippen LogP contribution in [0.15, 0.2) is 60.7 Å². The maximum Gasteiger partial charge on any atom is 0.348 e. The number of carboxylic acids is 2. The molecule has 0 aliphatic carbocycles. The van der Waals surface area contributed by atoms with Crippen LogP contribution >= 0.6 is 0 Å². The lowest BCUT2D eigenvalue weighted by atomic mass is 9.73. The maximum atomic E-state index is 12.6. The molecule has 0 saturated carbocycles. The molecule has 2 bridgehead atoms. The number of hydrogen-bond acceptors (Lipinski definition) is 8. The quantitative estimate of drug-likeness (QED) is 0.274. The Morgan fingerprint density at radius 2 is 1.09 bits per heavy atom.